The second-order valence-corrected chi connectivity index (χ2v) is 10.3. The van der Waals surface area contributed by atoms with Crippen LogP contribution in [0.15, 0.2) is 42.5 Å². The highest BCUT2D eigenvalue weighted by Crippen LogP contribution is 2.30. The molecule has 2 aliphatic rings. The lowest BCUT2D eigenvalue weighted by molar-refractivity contribution is -0.146. The molecule has 4 rings (SSSR count). The third-order valence-corrected chi connectivity index (χ3v) is 7.40. The van der Waals surface area contributed by atoms with E-state index in [1.54, 1.807) is 23.1 Å². The number of ether oxygens (including phenoxy) is 2. The number of para-hydroxylation sites is 1. The molecule has 0 radical (unpaired) electrons. The van der Waals surface area contributed by atoms with Crippen molar-refractivity contribution in [1.82, 2.24) is 10.2 Å². The molecule has 0 aromatic heterocycles. The number of rotatable bonds is 8. The average Bonchev–Trinajstić information content (AvgIpc) is 2.97. The van der Waals surface area contributed by atoms with Crippen LogP contribution in [0.2, 0.25) is 0 Å². The van der Waals surface area contributed by atoms with Crippen molar-refractivity contribution in [2.24, 2.45) is 5.92 Å². The van der Waals surface area contributed by atoms with E-state index in [1.807, 2.05) is 12.1 Å². The first kappa shape index (κ1) is 29.8. The first-order chi connectivity index (χ1) is 19.7. The molecule has 41 heavy (non-hydrogen) atoms. The Labute approximate surface area is 237 Å². The number of halogens is 1. The molecule has 1 aliphatic heterocycles. The van der Waals surface area contributed by atoms with Gasteiger partial charge in [-0.15, -0.1) is 0 Å². The monoisotopic (exact) mass is 570 g/mol. The number of amides is 4. The van der Waals surface area contributed by atoms with Crippen LogP contribution in [0.25, 0.3) is 0 Å². The summed E-state index contributed by atoms with van der Waals surface area (Å²) in [6, 6.07) is 9.72. The average molecular weight is 571 g/mol. The summed E-state index contributed by atoms with van der Waals surface area (Å²) in [5.74, 6) is -1.45. The molecule has 2 aromatic rings. The number of anilines is 2. The molecule has 1 fully saturated rings. The Kier molecular flexibility index (Phi) is 10.1. The zero-order valence-corrected chi connectivity index (χ0v) is 22.9. The Morgan fingerprint density at radius 3 is 2.51 bits per heavy atom. The van der Waals surface area contributed by atoms with Crippen LogP contribution in [0.1, 0.15) is 43.2 Å². The van der Waals surface area contributed by atoms with E-state index in [9.17, 15) is 28.7 Å². The summed E-state index contributed by atoms with van der Waals surface area (Å²) < 4.78 is 24.1. The molecule has 1 atom stereocenters. The van der Waals surface area contributed by atoms with Gasteiger partial charge in [0.05, 0.1) is 19.4 Å². The van der Waals surface area contributed by atoms with Crippen LogP contribution in [0.5, 0.6) is 0 Å². The van der Waals surface area contributed by atoms with E-state index in [0.29, 0.717) is 50.9 Å². The minimum atomic E-state index is -1.08. The van der Waals surface area contributed by atoms with Gasteiger partial charge in [-0.05, 0) is 73.4 Å². The molecule has 220 valence electrons. The topological polar surface area (TPSA) is 146 Å². The normalized spacial score (nSPS) is 18.9. The number of carbonyl (C=O) groups is 4. The fraction of sp³-hybridized carbons (Fsp3) is 0.448. The quantitative estimate of drug-likeness (QED) is 0.355. The number of hydrogen-bond acceptors (Lipinski definition) is 7. The summed E-state index contributed by atoms with van der Waals surface area (Å²) in [4.78, 5) is 50.6. The summed E-state index contributed by atoms with van der Waals surface area (Å²) in [6.07, 6.45) is 2.88. The number of carbonyl (C=O) groups excluding carboxylic acids is 4. The summed E-state index contributed by atoms with van der Waals surface area (Å²) in [5.41, 5.74) is 2.61. The second kappa shape index (κ2) is 13.9. The van der Waals surface area contributed by atoms with Gasteiger partial charge in [0.2, 0.25) is 5.91 Å². The van der Waals surface area contributed by atoms with Crippen LogP contribution in [0.4, 0.5) is 25.4 Å². The van der Waals surface area contributed by atoms with Crippen LogP contribution in [-0.4, -0.2) is 66.4 Å². The standard InChI is InChI=1S/C29H35FN4O7/c1-40-27(37)25(17-35)32-26(36)14-18-6-10-22(11-7-18)41-29(39)34-13-12-19-15-21(9-8-20(19)16-34)31-28(38)33-24-5-3-2-4-23(24)30/h2-5,8-9,15,18,22,25,35H,6-7,10-14,16-17H2,1H3,(H,32,36)(H2,31,33,38)/t18-,22-,25?. The summed E-state index contributed by atoms with van der Waals surface area (Å²) in [5, 5.41) is 17.0. The highest BCUT2D eigenvalue weighted by molar-refractivity contribution is 5.99. The van der Waals surface area contributed by atoms with Gasteiger partial charge in [-0.1, -0.05) is 18.2 Å². The lowest BCUT2D eigenvalue weighted by atomic mass is 9.85. The summed E-state index contributed by atoms with van der Waals surface area (Å²) in [7, 11) is 1.19. The fourth-order valence-corrected chi connectivity index (χ4v) is 5.14. The number of nitrogens with zero attached hydrogens (tertiary/aromatic N) is 1. The summed E-state index contributed by atoms with van der Waals surface area (Å²) in [6.45, 7) is 0.324. The molecular weight excluding hydrogens is 535 g/mol. The van der Waals surface area contributed by atoms with Crippen molar-refractivity contribution in [2.75, 3.05) is 30.9 Å². The SMILES string of the molecule is COC(=O)C(CO)NC(=O)C[C@H]1CC[C@H](OC(=O)N2CCc3cc(NC(=O)Nc4ccccc4F)ccc3C2)CC1. The number of benzene rings is 2. The third kappa shape index (κ3) is 8.16. The van der Waals surface area contributed by atoms with Crippen LogP contribution in [-0.2, 0) is 32.0 Å². The minimum Gasteiger partial charge on any atom is -0.467 e. The number of esters is 1. The van der Waals surface area contributed by atoms with Gasteiger partial charge < -0.3 is 35.4 Å². The molecular formula is C29H35FN4O7. The van der Waals surface area contributed by atoms with E-state index in [1.165, 1.54) is 19.2 Å². The smallest absolute Gasteiger partial charge is 0.410 e. The van der Waals surface area contributed by atoms with Gasteiger partial charge in [-0.2, -0.15) is 0 Å². The van der Waals surface area contributed by atoms with E-state index >= 15 is 0 Å². The Morgan fingerprint density at radius 2 is 1.80 bits per heavy atom. The zero-order chi connectivity index (χ0) is 29.4. The molecule has 1 unspecified atom stereocenters. The maximum Gasteiger partial charge on any atom is 0.410 e. The zero-order valence-electron chi connectivity index (χ0n) is 22.9. The molecule has 0 spiro atoms. The van der Waals surface area contributed by atoms with Crippen molar-refractivity contribution in [2.45, 2.75) is 57.2 Å². The van der Waals surface area contributed by atoms with E-state index in [2.05, 4.69) is 20.7 Å². The first-order valence-electron chi connectivity index (χ1n) is 13.6. The second-order valence-electron chi connectivity index (χ2n) is 10.3. The molecule has 0 saturated heterocycles. The highest BCUT2D eigenvalue weighted by atomic mass is 19.1. The number of aliphatic hydroxyl groups is 1. The van der Waals surface area contributed by atoms with Gasteiger partial charge in [0.15, 0.2) is 6.04 Å². The van der Waals surface area contributed by atoms with Gasteiger partial charge in [0, 0.05) is 25.2 Å². The molecule has 11 nitrogen and oxygen atoms in total. The maximum atomic E-state index is 13.8. The van der Waals surface area contributed by atoms with Gasteiger partial charge in [-0.3, -0.25) is 4.79 Å². The predicted octanol–water partition coefficient (Wildman–Crippen LogP) is 3.56. The maximum absolute atomic E-state index is 13.8. The number of urea groups is 1. The Morgan fingerprint density at radius 1 is 1.05 bits per heavy atom. The molecule has 12 heteroatoms. The van der Waals surface area contributed by atoms with E-state index in [0.717, 1.165) is 11.1 Å². The minimum absolute atomic E-state index is 0.0860. The Balaban J connectivity index is 1.21. The van der Waals surface area contributed by atoms with Crippen molar-refractivity contribution in [3.05, 3.63) is 59.4 Å². The molecule has 4 amide bonds. The fourth-order valence-electron chi connectivity index (χ4n) is 5.14. The van der Waals surface area contributed by atoms with Crippen molar-refractivity contribution < 1.29 is 38.1 Å². The number of methoxy groups -OCH3 is 1. The number of hydrogen-bond donors (Lipinski definition) is 4. The van der Waals surface area contributed by atoms with Crippen molar-refractivity contribution in [3.63, 3.8) is 0 Å². The van der Waals surface area contributed by atoms with Crippen LogP contribution in [0, 0.1) is 11.7 Å². The van der Waals surface area contributed by atoms with Crippen LogP contribution >= 0.6 is 0 Å². The van der Waals surface area contributed by atoms with E-state index < -0.39 is 30.5 Å². The molecule has 1 heterocycles. The third-order valence-electron chi connectivity index (χ3n) is 7.40. The van der Waals surface area contributed by atoms with Gasteiger partial charge in [0.1, 0.15) is 11.9 Å². The number of nitrogens with one attached hydrogen (secondary N) is 3. The Bertz CT molecular complexity index is 1270. The lowest BCUT2D eigenvalue weighted by Gasteiger charge is -2.32. The van der Waals surface area contributed by atoms with Crippen LogP contribution in [0.3, 0.4) is 0 Å². The first-order valence-corrected chi connectivity index (χ1v) is 13.6. The molecule has 2 aromatic carbocycles. The molecule has 0 bridgehead atoms. The van der Waals surface area contributed by atoms with E-state index in [4.69, 9.17) is 4.74 Å². The largest absolute Gasteiger partial charge is 0.467 e. The molecule has 1 saturated carbocycles. The van der Waals surface area contributed by atoms with Crippen LogP contribution < -0.4 is 16.0 Å². The number of aliphatic hydroxyl groups excluding tert-OH is 1. The van der Waals surface area contributed by atoms with Gasteiger partial charge in [-0.25, -0.2) is 18.8 Å². The lowest BCUT2D eigenvalue weighted by Crippen LogP contribution is -2.44. The Hall–Kier alpha value is -4.19. The van der Waals surface area contributed by atoms with Crippen molar-refractivity contribution in [3.8, 4) is 0 Å². The van der Waals surface area contributed by atoms with Gasteiger partial charge in [0.25, 0.3) is 0 Å². The van der Waals surface area contributed by atoms with Crippen molar-refractivity contribution in [1.29, 1.82) is 0 Å². The highest BCUT2D eigenvalue weighted by Gasteiger charge is 2.30. The summed E-state index contributed by atoms with van der Waals surface area (Å²) >= 11 is 0. The molecule has 4 N–H and O–H groups in total. The van der Waals surface area contributed by atoms with E-state index in [-0.39, 0.29) is 36.1 Å². The number of fused-ring (bicyclic) bond motifs is 1. The van der Waals surface area contributed by atoms with Gasteiger partial charge >= 0.3 is 18.1 Å². The molecule has 1 aliphatic carbocycles. The predicted molar refractivity (Wildman–Crippen MR) is 147 cm³/mol. The van der Waals surface area contributed by atoms with Crippen molar-refractivity contribution >= 4 is 35.4 Å².